The van der Waals surface area contributed by atoms with Gasteiger partial charge in [-0.15, -0.1) is 0 Å². The molecule has 0 saturated heterocycles. The first kappa shape index (κ1) is 83.9. The summed E-state index contributed by atoms with van der Waals surface area (Å²) < 4.78 is 88.8. The van der Waals surface area contributed by atoms with Gasteiger partial charge in [0.2, 0.25) is 11.8 Å². The van der Waals surface area contributed by atoms with Crippen molar-refractivity contribution in [3.63, 3.8) is 0 Å². The fourth-order valence-corrected chi connectivity index (χ4v) is 10.5. The first-order chi connectivity index (χ1) is 41.2. The van der Waals surface area contributed by atoms with E-state index in [1.807, 2.05) is 59.6 Å². The first-order valence-electron chi connectivity index (χ1n) is 29.4. The fourth-order valence-electron chi connectivity index (χ4n) is 8.36. The van der Waals surface area contributed by atoms with E-state index in [2.05, 4.69) is 103 Å². The van der Waals surface area contributed by atoms with Gasteiger partial charge in [0.05, 0.1) is 77.8 Å². The third-order valence-electron chi connectivity index (χ3n) is 13.2. The van der Waals surface area contributed by atoms with E-state index < -0.39 is 32.3 Å². The Morgan fingerprint density at radius 1 is 0.872 bits per heavy atom. The van der Waals surface area contributed by atoms with Crippen LogP contribution in [0.15, 0.2) is 107 Å². The quantitative estimate of drug-likeness (QED) is 0.0158. The summed E-state index contributed by atoms with van der Waals surface area (Å²) in [5.41, 5.74) is 5.24. The number of hydrogen-bond donors (Lipinski definition) is 2. The molecule has 2 aromatic carbocycles. The smallest absolute Gasteiger partial charge is 0.268 e. The Labute approximate surface area is 527 Å². The van der Waals surface area contributed by atoms with Crippen molar-refractivity contribution in [2.45, 2.75) is 134 Å². The number of carbonyl (C=O) groups excluding carboxylic acids is 3. The van der Waals surface area contributed by atoms with Crippen LogP contribution in [-0.4, -0.2) is 172 Å². The van der Waals surface area contributed by atoms with Gasteiger partial charge in [0.15, 0.2) is 22.2 Å². The van der Waals surface area contributed by atoms with Crippen LogP contribution in [0.25, 0.3) is 0 Å². The predicted octanol–water partition coefficient (Wildman–Crippen LogP) is 9.59. The summed E-state index contributed by atoms with van der Waals surface area (Å²) in [6, 6.07) is 12.0. The van der Waals surface area contributed by atoms with Crippen LogP contribution in [-0.2, 0) is 93.2 Å². The van der Waals surface area contributed by atoms with Gasteiger partial charge in [-0.1, -0.05) is 105 Å². The topological polar surface area (TPSA) is 228 Å². The van der Waals surface area contributed by atoms with Crippen LogP contribution in [0.5, 0.6) is 0 Å². The Morgan fingerprint density at radius 2 is 1.51 bits per heavy atom. The fraction of sp³-hybridized carbons (Fsp3) is 0.603. The van der Waals surface area contributed by atoms with Crippen molar-refractivity contribution in [1.29, 1.82) is 0 Å². The molecule has 0 radical (unpaired) electrons. The van der Waals surface area contributed by atoms with E-state index >= 15 is 0 Å². The largest absolute Gasteiger partial charge is 0.379 e. The van der Waals surface area contributed by atoms with Gasteiger partial charge in [-0.3, -0.25) is 22.1 Å². The molecule has 3 N–H and O–H groups in total. The highest BCUT2D eigenvalue weighted by Gasteiger charge is 2.42. The lowest BCUT2D eigenvalue weighted by atomic mass is 9.79. The molecule has 23 heteroatoms. The van der Waals surface area contributed by atoms with E-state index in [4.69, 9.17) is 36.3 Å². The summed E-state index contributed by atoms with van der Waals surface area (Å²) in [6.07, 6.45) is 20.4. The molecule has 86 heavy (non-hydrogen) atoms. The van der Waals surface area contributed by atoms with Crippen molar-refractivity contribution < 1.29 is 72.2 Å². The third kappa shape index (κ3) is 35.1. The summed E-state index contributed by atoms with van der Waals surface area (Å²) in [5.74, 6) is 0.243. The molecule has 2 amide bonds. The van der Waals surface area contributed by atoms with Crippen LogP contribution >= 0.6 is 12.0 Å². The molecule has 0 bridgehead atoms. The number of fused-ring (bicyclic) bond motifs is 1. The minimum atomic E-state index is -3.51. The zero-order chi connectivity index (χ0) is 65.4. The van der Waals surface area contributed by atoms with E-state index in [1.165, 1.54) is 38.9 Å². The second-order valence-electron chi connectivity index (χ2n) is 19.8. The molecule has 2 aromatic rings. The van der Waals surface area contributed by atoms with Gasteiger partial charge in [-0.05, 0) is 105 Å². The molecule has 1 heterocycles. The number of allylic oxidation sites excluding steroid dienone is 8. The van der Waals surface area contributed by atoms with Gasteiger partial charge in [0.1, 0.15) is 19.1 Å². The number of ether oxygens (including phenoxy) is 4. The number of quaternary nitrogens is 1. The number of anilines is 1. The summed E-state index contributed by atoms with van der Waals surface area (Å²) in [7, 11) is 3.98. The Bertz CT molecular complexity index is 2470. The lowest BCUT2D eigenvalue weighted by molar-refractivity contribution is -0.567. The van der Waals surface area contributed by atoms with E-state index in [1.54, 1.807) is 43.4 Å². The van der Waals surface area contributed by atoms with Gasteiger partial charge in [0.25, 0.3) is 10.1 Å². The van der Waals surface area contributed by atoms with Crippen LogP contribution in [0.3, 0.4) is 0 Å². The summed E-state index contributed by atoms with van der Waals surface area (Å²) in [5, 5.41) is 5.01. The van der Waals surface area contributed by atoms with E-state index in [9.17, 15) is 26.4 Å². The third-order valence-corrected chi connectivity index (χ3v) is 16.9. The number of nitrogens with two attached hydrogens (primary N) is 1. The molecule has 19 nitrogen and oxygen atoms in total. The molecule has 0 aliphatic carbocycles. The zero-order valence-electron chi connectivity index (χ0n) is 54.4. The molecule has 0 aromatic heterocycles. The Balaban J connectivity index is 0. The lowest BCUT2D eigenvalue weighted by Crippen LogP contribution is -2.79. The maximum atomic E-state index is 12.2. The molecular formula is C63H107N4O15S4+. The average molecular weight is 1290 g/mol. The van der Waals surface area contributed by atoms with Crippen molar-refractivity contribution in [2.24, 2.45) is 0 Å². The summed E-state index contributed by atoms with van der Waals surface area (Å²) in [6.45, 7) is 32.1. The van der Waals surface area contributed by atoms with Crippen molar-refractivity contribution in [3.8, 4) is 0 Å². The van der Waals surface area contributed by atoms with Crippen molar-refractivity contribution in [3.05, 3.63) is 108 Å². The summed E-state index contributed by atoms with van der Waals surface area (Å²) >= 11 is -1.42. The molecule has 3 atom stereocenters. The normalized spacial score (nSPS) is 14.4. The van der Waals surface area contributed by atoms with Crippen LogP contribution in [0, 0.1) is 0 Å². The summed E-state index contributed by atoms with van der Waals surface area (Å²) in [4.78, 5) is 37.2. The van der Waals surface area contributed by atoms with Crippen LogP contribution < -0.4 is 15.5 Å². The molecule has 1 aliphatic rings. The molecule has 0 spiro atoms. The van der Waals surface area contributed by atoms with Crippen LogP contribution in [0.1, 0.15) is 119 Å². The molecule has 0 fully saturated rings. The zero-order valence-corrected chi connectivity index (χ0v) is 57.7. The van der Waals surface area contributed by atoms with Crippen LogP contribution in [0.4, 0.5) is 11.4 Å². The predicted molar refractivity (Wildman–Crippen MR) is 352 cm³/mol. The Morgan fingerprint density at radius 3 is 2.12 bits per heavy atom. The number of nitrogens with zero attached hydrogens (tertiary/aromatic N) is 2. The number of hydrogen-bond acceptors (Lipinski definition) is 17. The van der Waals surface area contributed by atoms with E-state index in [0.717, 1.165) is 59.5 Å². The van der Waals surface area contributed by atoms with E-state index in [0.29, 0.717) is 89.5 Å². The molecule has 0 saturated carbocycles. The average Bonchev–Trinajstić information content (AvgIpc) is 1.69. The van der Waals surface area contributed by atoms with Gasteiger partial charge in [-0.2, -0.15) is 8.42 Å². The minimum absolute atomic E-state index is 0.00372. The second kappa shape index (κ2) is 50.6. The second-order valence-corrected chi connectivity index (χ2v) is 25.2. The minimum Gasteiger partial charge on any atom is -0.379 e. The number of nitrogens with one attached hydrogen (secondary N) is 1. The Hall–Kier alpha value is -4.21. The van der Waals surface area contributed by atoms with Gasteiger partial charge in [-0.25, -0.2) is 8.42 Å². The number of benzene rings is 2. The highest BCUT2D eigenvalue weighted by Crippen LogP contribution is 2.45. The monoisotopic (exact) mass is 1290 g/mol. The molecule has 3 unspecified atom stereocenters. The van der Waals surface area contributed by atoms with Gasteiger partial charge in [0, 0.05) is 92.2 Å². The Kier molecular flexibility index (Phi) is 49.4. The molecular weight excluding hydrogens is 1180 g/mol. The number of likely N-dealkylation sites (N-methyl/N-ethyl adjacent to an activating group) is 1. The van der Waals surface area contributed by atoms with Gasteiger partial charge >= 0.3 is 0 Å². The maximum Gasteiger partial charge on any atom is 0.268 e. The lowest BCUT2D eigenvalue weighted by Gasteiger charge is -2.31. The number of carbonyl (C=O) groups is 3. The number of rotatable bonds is 41. The van der Waals surface area contributed by atoms with Crippen molar-refractivity contribution in [2.75, 3.05) is 131 Å². The molecule has 492 valence electrons. The molecule has 1 aliphatic heterocycles. The number of amides is 2. The first-order valence-corrected chi connectivity index (χ1v) is 34.0. The van der Waals surface area contributed by atoms with Crippen LogP contribution in [0.2, 0.25) is 0 Å². The highest BCUT2D eigenvalue weighted by molar-refractivity contribution is 7.94. The van der Waals surface area contributed by atoms with Crippen molar-refractivity contribution >= 4 is 74.3 Å². The standard InChI is InChI=1S/C43H69N3O9S2.C15H23NO5S2.2C2H6.CH2O/c1-8-10-18-37(19-12-11-13-23-43(3,4)39-35-38(56-50-6)21-22-40(39)44-25-34-57(49)51-7)20-14-27-55-36-41(47)45-24-15-28-52-30-32-54-33-31-53-29-16-26-46(5)42(48)17-9-2;1-11-15(2,3)13-10-12(22(17)20-4)6-7-14(13)16(11)8-9-23(18,19)21-5;3*1-2/h8-12,17-19,21-22,35,44H,1,13-16,20,23-34,36H2,2-7H3,(H,45,47);6-7,10-11H,8-9H2,1-5H3;2*1-2H3;1H2/p+1/b12-11?,17-9-,18-10+,37-19-;;;;. The van der Waals surface area contributed by atoms with Gasteiger partial charge < -0.3 is 48.4 Å². The van der Waals surface area contributed by atoms with Crippen molar-refractivity contribution in [1.82, 2.24) is 10.2 Å². The molecule has 3 rings (SSSR count). The highest BCUT2D eigenvalue weighted by atomic mass is 32.2. The SMILES string of the molecule is C=C/C=C/C(=C/C=CCCC(C)(C)c1cc(SOC)ccc1[NH2+]CCS(=O)OC)CCCOCC(=O)NCCCOCCOCCOCCCN(C)C(=O)/C=C\C.C=O.CC.CC.COS(=O)c1ccc2c(c1)C(C)(C)C(C)N2CCS(=O)(=O)OC. The maximum absolute atomic E-state index is 12.2. The van der Waals surface area contributed by atoms with E-state index in [-0.39, 0.29) is 41.0 Å².